The number of aromatic nitrogens is 1. The summed E-state index contributed by atoms with van der Waals surface area (Å²) in [5, 5.41) is 2.76. The highest BCUT2D eigenvalue weighted by Crippen LogP contribution is 2.23. The van der Waals surface area contributed by atoms with Crippen LogP contribution in [-0.4, -0.2) is 23.5 Å². The van der Waals surface area contributed by atoms with Gasteiger partial charge >= 0.3 is 5.97 Å². The van der Waals surface area contributed by atoms with Gasteiger partial charge in [0.25, 0.3) is 5.91 Å². The number of hydrogen-bond acceptors (Lipinski definition) is 5. The number of halogens is 3. The number of ether oxygens (including phenoxy) is 1. The number of thiazole rings is 1. The van der Waals surface area contributed by atoms with Crippen LogP contribution in [-0.2, 0) is 9.53 Å². The monoisotopic (exact) mass is 392 g/mol. The number of nitrogens with one attached hydrogen (secondary N) is 1. The lowest BCUT2D eigenvalue weighted by Gasteiger charge is -2.06. The van der Waals surface area contributed by atoms with Crippen LogP contribution in [0.15, 0.2) is 28.2 Å². The lowest BCUT2D eigenvalue weighted by molar-refractivity contribution is -0.119. The van der Waals surface area contributed by atoms with Crippen molar-refractivity contribution < 1.29 is 18.7 Å². The van der Waals surface area contributed by atoms with Gasteiger partial charge in [-0.2, -0.15) is 0 Å². The smallest absolute Gasteiger partial charge is 0.340 e. The quantitative estimate of drug-likeness (QED) is 0.807. The fourth-order valence-corrected chi connectivity index (χ4v) is 2.70. The third kappa shape index (κ3) is 4.48. The third-order valence-corrected chi connectivity index (χ3v) is 3.91. The Labute approximate surface area is 136 Å². The molecule has 0 aliphatic rings. The maximum Gasteiger partial charge on any atom is 0.340 e. The van der Waals surface area contributed by atoms with Crippen molar-refractivity contribution in [1.82, 2.24) is 4.98 Å². The summed E-state index contributed by atoms with van der Waals surface area (Å²) in [6.45, 7) is -0.496. The molecule has 0 atom stereocenters. The van der Waals surface area contributed by atoms with E-state index in [0.29, 0.717) is 5.13 Å². The number of carbonyl (C=O) groups excluding carboxylic acids is 2. The maximum atomic E-state index is 12.9. The first-order valence-corrected chi connectivity index (χ1v) is 7.48. The van der Waals surface area contributed by atoms with E-state index >= 15 is 0 Å². The summed E-state index contributed by atoms with van der Waals surface area (Å²) in [5.41, 5.74) is -0.0112. The van der Waals surface area contributed by atoms with Crippen molar-refractivity contribution in [3.05, 3.63) is 44.6 Å². The third-order valence-electron chi connectivity index (χ3n) is 2.21. The summed E-state index contributed by atoms with van der Waals surface area (Å²) < 4.78 is 18.4. The van der Waals surface area contributed by atoms with Crippen LogP contribution < -0.4 is 5.32 Å². The fourth-order valence-electron chi connectivity index (χ4n) is 1.33. The highest BCUT2D eigenvalue weighted by molar-refractivity contribution is 9.11. The molecule has 0 fully saturated rings. The first kappa shape index (κ1) is 15.9. The number of hydrogen-bond donors (Lipinski definition) is 1. The molecule has 21 heavy (non-hydrogen) atoms. The van der Waals surface area contributed by atoms with Crippen LogP contribution in [0.3, 0.4) is 0 Å². The molecule has 1 heterocycles. The molecule has 1 aromatic heterocycles. The van der Waals surface area contributed by atoms with E-state index in [1.807, 2.05) is 0 Å². The van der Waals surface area contributed by atoms with Crippen molar-refractivity contribution in [2.75, 3.05) is 11.9 Å². The number of carbonyl (C=O) groups is 2. The predicted molar refractivity (Wildman–Crippen MR) is 80.1 cm³/mol. The molecule has 9 heteroatoms. The zero-order valence-electron chi connectivity index (χ0n) is 10.2. The van der Waals surface area contributed by atoms with E-state index in [-0.39, 0.29) is 10.6 Å². The Morgan fingerprint density at radius 3 is 2.86 bits per heavy atom. The Hall–Kier alpha value is -1.51. The molecule has 0 saturated heterocycles. The molecule has 110 valence electrons. The van der Waals surface area contributed by atoms with Gasteiger partial charge in [0.1, 0.15) is 5.82 Å². The van der Waals surface area contributed by atoms with E-state index in [0.717, 1.165) is 15.9 Å². The highest BCUT2D eigenvalue weighted by Gasteiger charge is 2.15. The normalized spacial score (nSPS) is 10.2. The van der Waals surface area contributed by atoms with Gasteiger partial charge < -0.3 is 4.74 Å². The van der Waals surface area contributed by atoms with Gasteiger partial charge in [-0.05, 0) is 34.1 Å². The van der Waals surface area contributed by atoms with Crippen molar-refractivity contribution in [2.45, 2.75) is 0 Å². The lowest BCUT2D eigenvalue weighted by atomic mass is 10.2. The Kier molecular flexibility index (Phi) is 5.27. The van der Waals surface area contributed by atoms with Crippen LogP contribution in [0.4, 0.5) is 9.52 Å². The van der Waals surface area contributed by atoms with E-state index in [1.165, 1.54) is 23.6 Å². The second kappa shape index (κ2) is 6.97. The van der Waals surface area contributed by atoms with Gasteiger partial charge in [0.15, 0.2) is 11.7 Å². The Balaban J connectivity index is 1.90. The SMILES string of the molecule is O=C(COC(=O)c1ccc(F)cc1Cl)Nc1ncc(Br)s1. The van der Waals surface area contributed by atoms with Gasteiger partial charge in [-0.1, -0.05) is 22.9 Å². The van der Waals surface area contributed by atoms with E-state index in [4.69, 9.17) is 16.3 Å². The molecule has 2 aromatic rings. The Bertz CT molecular complexity index is 695. The predicted octanol–water partition coefficient (Wildman–Crippen LogP) is 3.49. The van der Waals surface area contributed by atoms with Gasteiger partial charge in [-0.25, -0.2) is 14.2 Å². The van der Waals surface area contributed by atoms with Gasteiger partial charge in [-0.15, -0.1) is 0 Å². The van der Waals surface area contributed by atoms with E-state index in [2.05, 4.69) is 26.2 Å². The summed E-state index contributed by atoms with van der Waals surface area (Å²) >= 11 is 10.1. The number of rotatable bonds is 4. The number of esters is 1. The average molecular weight is 394 g/mol. The summed E-state index contributed by atoms with van der Waals surface area (Å²) in [6.07, 6.45) is 1.53. The summed E-state index contributed by atoms with van der Waals surface area (Å²) in [6, 6.07) is 3.26. The van der Waals surface area contributed by atoms with E-state index < -0.39 is 24.3 Å². The molecular formula is C12H7BrClFN2O3S. The standard InChI is InChI=1S/C12H7BrClFN2O3S/c13-9-4-16-12(21-9)17-10(18)5-20-11(19)7-2-1-6(15)3-8(7)14/h1-4H,5H2,(H,16,17,18). The van der Waals surface area contributed by atoms with Crippen LogP contribution in [0.25, 0.3) is 0 Å². The second-order valence-electron chi connectivity index (χ2n) is 3.72. The number of benzene rings is 1. The molecule has 0 bridgehead atoms. The van der Waals surface area contributed by atoms with Crippen LogP contribution in [0.2, 0.25) is 5.02 Å². The van der Waals surface area contributed by atoms with E-state index in [1.54, 1.807) is 0 Å². The van der Waals surface area contributed by atoms with Crippen LogP contribution in [0, 0.1) is 5.82 Å². The molecule has 1 aromatic carbocycles. The molecule has 0 saturated carbocycles. The number of anilines is 1. The van der Waals surface area contributed by atoms with Crippen LogP contribution in [0.5, 0.6) is 0 Å². The molecule has 1 amide bonds. The number of amides is 1. The minimum atomic E-state index is -0.810. The van der Waals surface area contributed by atoms with E-state index in [9.17, 15) is 14.0 Å². The van der Waals surface area contributed by atoms with Crippen LogP contribution in [0.1, 0.15) is 10.4 Å². The molecule has 2 rings (SSSR count). The second-order valence-corrected chi connectivity index (χ2v) is 6.54. The first-order valence-electron chi connectivity index (χ1n) is 5.49. The fraction of sp³-hybridized carbons (Fsp3) is 0.0833. The topological polar surface area (TPSA) is 68.3 Å². The first-order chi connectivity index (χ1) is 9.95. The number of nitrogens with zero attached hydrogens (tertiary/aromatic N) is 1. The lowest BCUT2D eigenvalue weighted by Crippen LogP contribution is -2.21. The molecule has 0 aliphatic carbocycles. The Morgan fingerprint density at radius 2 is 2.24 bits per heavy atom. The van der Waals surface area contributed by atoms with Crippen molar-refractivity contribution in [1.29, 1.82) is 0 Å². The van der Waals surface area contributed by atoms with Crippen molar-refractivity contribution >= 4 is 55.9 Å². The summed E-state index contributed by atoms with van der Waals surface area (Å²) in [4.78, 5) is 27.2. The molecule has 0 spiro atoms. The molecular weight excluding hydrogens is 387 g/mol. The average Bonchev–Trinajstić information content (AvgIpc) is 2.81. The summed E-state index contributed by atoms with van der Waals surface area (Å²) in [5.74, 6) is -1.91. The molecule has 1 N–H and O–H groups in total. The largest absolute Gasteiger partial charge is 0.452 e. The zero-order chi connectivity index (χ0) is 15.4. The summed E-state index contributed by atoms with van der Waals surface area (Å²) in [7, 11) is 0. The van der Waals surface area contributed by atoms with Gasteiger partial charge in [0.05, 0.1) is 20.6 Å². The minimum absolute atomic E-state index is 0.0112. The minimum Gasteiger partial charge on any atom is -0.452 e. The highest BCUT2D eigenvalue weighted by atomic mass is 79.9. The zero-order valence-corrected chi connectivity index (χ0v) is 13.4. The molecule has 5 nitrogen and oxygen atoms in total. The molecule has 0 aliphatic heterocycles. The van der Waals surface area contributed by atoms with Gasteiger partial charge in [0.2, 0.25) is 0 Å². The van der Waals surface area contributed by atoms with Gasteiger partial charge in [0, 0.05) is 0 Å². The van der Waals surface area contributed by atoms with Crippen molar-refractivity contribution in [3.8, 4) is 0 Å². The van der Waals surface area contributed by atoms with Crippen molar-refractivity contribution in [3.63, 3.8) is 0 Å². The van der Waals surface area contributed by atoms with Crippen molar-refractivity contribution in [2.24, 2.45) is 0 Å². The van der Waals surface area contributed by atoms with Crippen LogP contribution >= 0.6 is 38.9 Å². The molecule has 0 radical (unpaired) electrons. The molecule has 0 unspecified atom stereocenters. The Morgan fingerprint density at radius 1 is 1.48 bits per heavy atom. The van der Waals surface area contributed by atoms with Gasteiger partial charge in [-0.3, -0.25) is 10.1 Å². The maximum absolute atomic E-state index is 12.9.